The van der Waals surface area contributed by atoms with Crippen molar-refractivity contribution in [3.8, 4) is 0 Å². The van der Waals surface area contributed by atoms with Crippen LogP contribution in [0.4, 0.5) is 5.69 Å². The van der Waals surface area contributed by atoms with Gasteiger partial charge >= 0.3 is 0 Å². The summed E-state index contributed by atoms with van der Waals surface area (Å²) >= 11 is 10.5. The van der Waals surface area contributed by atoms with Crippen LogP contribution in [0.25, 0.3) is 0 Å². The van der Waals surface area contributed by atoms with Crippen LogP contribution in [0.1, 0.15) is 16.0 Å². The number of thiophene rings is 1. The van der Waals surface area contributed by atoms with E-state index >= 15 is 0 Å². The molecule has 0 saturated heterocycles. The molecule has 0 bridgehead atoms. The molecule has 2 nitrogen and oxygen atoms in total. The van der Waals surface area contributed by atoms with Crippen molar-refractivity contribution in [1.29, 1.82) is 0 Å². The van der Waals surface area contributed by atoms with E-state index in [2.05, 4.69) is 38.3 Å². The minimum absolute atomic E-state index is 0.451. The molecule has 1 aromatic heterocycles. The van der Waals surface area contributed by atoms with Crippen LogP contribution in [0.2, 0.25) is 0 Å². The van der Waals surface area contributed by atoms with Crippen molar-refractivity contribution in [2.24, 2.45) is 5.73 Å². The molecule has 0 saturated carbocycles. The first-order valence-electron chi connectivity index (χ1n) is 6.04. The number of nitrogens with two attached hydrogens (primary N) is 1. The summed E-state index contributed by atoms with van der Waals surface area (Å²) in [4.78, 5) is 4.31. The molecule has 0 atom stereocenters. The maximum absolute atomic E-state index is 5.85. The molecule has 98 valence electrons. The lowest BCUT2D eigenvalue weighted by molar-refractivity contribution is 0.743. The zero-order chi connectivity index (χ0) is 13.4. The predicted molar refractivity (Wildman–Crippen MR) is 89.1 cm³/mol. The molecular weight excluding hydrogens is 340 g/mol. The van der Waals surface area contributed by atoms with Gasteiger partial charge in [-0.05, 0) is 41.6 Å². The van der Waals surface area contributed by atoms with Crippen molar-refractivity contribution in [1.82, 2.24) is 0 Å². The smallest absolute Gasteiger partial charge is 0.106 e. The van der Waals surface area contributed by atoms with Crippen molar-refractivity contribution < 1.29 is 0 Å². The van der Waals surface area contributed by atoms with E-state index in [4.69, 9.17) is 18.0 Å². The second kappa shape index (κ2) is 5.23. The molecule has 0 spiro atoms. The highest BCUT2D eigenvalue weighted by atomic mass is 79.9. The number of hydrogen-bond acceptors (Lipinski definition) is 3. The SMILES string of the molecule is NC(=S)c1cc(Br)ccc1N1CCc2sccc2C1. The number of rotatable bonds is 2. The Morgan fingerprint density at radius 2 is 2.21 bits per heavy atom. The van der Waals surface area contributed by atoms with Crippen LogP contribution in [0.5, 0.6) is 0 Å². The first-order valence-corrected chi connectivity index (χ1v) is 8.13. The van der Waals surface area contributed by atoms with Gasteiger partial charge in [0.1, 0.15) is 4.99 Å². The molecule has 0 aliphatic carbocycles. The first-order chi connectivity index (χ1) is 9.15. The quantitative estimate of drug-likeness (QED) is 0.835. The van der Waals surface area contributed by atoms with Crippen molar-refractivity contribution in [3.63, 3.8) is 0 Å². The molecule has 19 heavy (non-hydrogen) atoms. The van der Waals surface area contributed by atoms with Gasteiger partial charge in [0.2, 0.25) is 0 Å². The zero-order valence-electron chi connectivity index (χ0n) is 10.2. The average Bonchev–Trinajstić information content (AvgIpc) is 2.85. The number of nitrogens with zero attached hydrogens (tertiary/aromatic N) is 1. The van der Waals surface area contributed by atoms with E-state index in [0.717, 1.165) is 35.2 Å². The first kappa shape index (κ1) is 13.1. The number of hydrogen-bond donors (Lipinski definition) is 1. The van der Waals surface area contributed by atoms with Gasteiger partial charge < -0.3 is 10.6 Å². The Balaban J connectivity index is 1.98. The number of halogens is 1. The van der Waals surface area contributed by atoms with E-state index in [0.29, 0.717) is 4.99 Å². The summed E-state index contributed by atoms with van der Waals surface area (Å²) in [6, 6.07) is 8.35. The molecule has 2 aromatic rings. The average molecular weight is 353 g/mol. The van der Waals surface area contributed by atoms with Crippen LogP contribution in [-0.2, 0) is 13.0 Å². The Bertz CT molecular complexity index is 636. The van der Waals surface area contributed by atoms with Gasteiger partial charge in [0.25, 0.3) is 0 Å². The Labute approximate surface area is 130 Å². The van der Waals surface area contributed by atoms with Crippen LogP contribution in [-0.4, -0.2) is 11.5 Å². The van der Waals surface area contributed by atoms with Gasteiger partial charge in [-0.1, -0.05) is 28.1 Å². The summed E-state index contributed by atoms with van der Waals surface area (Å²) in [7, 11) is 0. The van der Waals surface area contributed by atoms with Crippen molar-refractivity contribution in [3.05, 3.63) is 50.1 Å². The van der Waals surface area contributed by atoms with Crippen LogP contribution in [0, 0.1) is 0 Å². The van der Waals surface area contributed by atoms with Crippen LogP contribution in [0.15, 0.2) is 34.1 Å². The molecule has 5 heteroatoms. The fourth-order valence-electron chi connectivity index (χ4n) is 2.44. The van der Waals surface area contributed by atoms with Crippen molar-refractivity contribution in [2.75, 3.05) is 11.4 Å². The minimum atomic E-state index is 0.451. The Hall–Kier alpha value is -0.910. The Kier molecular flexibility index (Phi) is 3.60. The molecule has 0 radical (unpaired) electrons. The van der Waals surface area contributed by atoms with Crippen LogP contribution < -0.4 is 10.6 Å². The molecule has 2 heterocycles. The number of anilines is 1. The maximum Gasteiger partial charge on any atom is 0.106 e. The summed E-state index contributed by atoms with van der Waals surface area (Å²) in [5.74, 6) is 0. The van der Waals surface area contributed by atoms with E-state index in [1.165, 1.54) is 10.4 Å². The summed E-state index contributed by atoms with van der Waals surface area (Å²) in [5, 5.41) is 2.17. The molecule has 0 amide bonds. The minimum Gasteiger partial charge on any atom is -0.389 e. The molecule has 0 fully saturated rings. The van der Waals surface area contributed by atoms with Gasteiger partial charge in [0.15, 0.2) is 0 Å². The van der Waals surface area contributed by atoms with E-state index < -0.39 is 0 Å². The summed E-state index contributed by atoms with van der Waals surface area (Å²) in [6.07, 6.45) is 1.10. The summed E-state index contributed by atoms with van der Waals surface area (Å²) < 4.78 is 1.01. The van der Waals surface area contributed by atoms with Gasteiger partial charge in [0, 0.05) is 33.7 Å². The fourth-order valence-corrected chi connectivity index (χ4v) is 3.85. The molecule has 1 aliphatic rings. The fraction of sp³-hybridized carbons (Fsp3) is 0.214. The molecule has 1 aliphatic heterocycles. The van der Waals surface area contributed by atoms with Gasteiger partial charge in [0.05, 0.1) is 0 Å². The molecule has 0 unspecified atom stereocenters. The molecular formula is C14H13BrN2S2. The van der Waals surface area contributed by atoms with Gasteiger partial charge in [-0.2, -0.15) is 0 Å². The summed E-state index contributed by atoms with van der Waals surface area (Å²) in [5.41, 5.74) is 9.35. The molecule has 3 rings (SSSR count). The lowest BCUT2D eigenvalue weighted by Crippen LogP contribution is -2.31. The van der Waals surface area contributed by atoms with E-state index in [1.807, 2.05) is 23.5 Å². The zero-order valence-corrected chi connectivity index (χ0v) is 13.4. The molecule has 1 aromatic carbocycles. The monoisotopic (exact) mass is 352 g/mol. The normalized spacial score (nSPS) is 14.3. The third-order valence-electron chi connectivity index (χ3n) is 3.37. The predicted octanol–water partition coefficient (Wildman–Crippen LogP) is 3.71. The van der Waals surface area contributed by atoms with Crippen LogP contribution >= 0.6 is 39.5 Å². The second-order valence-electron chi connectivity index (χ2n) is 4.57. The third-order valence-corrected chi connectivity index (χ3v) is 5.11. The van der Waals surface area contributed by atoms with Crippen molar-refractivity contribution >= 4 is 50.2 Å². The van der Waals surface area contributed by atoms with E-state index in [-0.39, 0.29) is 0 Å². The summed E-state index contributed by atoms with van der Waals surface area (Å²) in [6.45, 7) is 1.96. The topological polar surface area (TPSA) is 29.3 Å². The number of benzene rings is 1. The van der Waals surface area contributed by atoms with Crippen molar-refractivity contribution in [2.45, 2.75) is 13.0 Å². The molecule has 2 N–H and O–H groups in total. The Morgan fingerprint density at radius 3 is 3.00 bits per heavy atom. The number of thiocarbonyl (C=S) groups is 1. The largest absolute Gasteiger partial charge is 0.389 e. The highest BCUT2D eigenvalue weighted by Gasteiger charge is 2.20. The van der Waals surface area contributed by atoms with Gasteiger partial charge in [-0.25, -0.2) is 0 Å². The Morgan fingerprint density at radius 1 is 1.37 bits per heavy atom. The number of fused-ring (bicyclic) bond motifs is 1. The van der Waals surface area contributed by atoms with E-state index in [9.17, 15) is 0 Å². The maximum atomic E-state index is 5.85. The highest BCUT2D eigenvalue weighted by molar-refractivity contribution is 9.10. The van der Waals surface area contributed by atoms with Gasteiger partial charge in [-0.15, -0.1) is 11.3 Å². The standard InChI is InChI=1S/C14H13BrN2S2/c15-10-1-2-12(11(7-10)14(16)18)17-5-3-13-9(8-17)4-6-19-13/h1-2,4,6-7H,3,5,8H2,(H2,16,18). The highest BCUT2D eigenvalue weighted by Crippen LogP contribution is 2.31. The van der Waals surface area contributed by atoms with E-state index in [1.54, 1.807) is 0 Å². The lowest BCUT2D eigenvalue weighted by atomic mass is 10.1. The second-order valence-corrected chi connectivity index (χ2v) is 6.92. The third kappa shape index (κ3) is 2.55. The lowest BCUT2D eigenvalue weighted by Gasteiger charge is -2.30. The van der Waals surface area contributed by atoms with Gasteiger partial charge in [-0.3, -0.25) is 0 Å². The van der Waals surface area contributed by atoms with Crippen LogP contribution in [0.3, 0.4) is 0 Å².